The third-order valence-corrected chi connectivity index (χ3v) is 3.40. The first-order valence-electron chi connectivity index (χ1n) is 6.91. The summed E-state index contributed by atoms with van der Waals surface area (Å²) in [5, 5.41) is 47.0. The van der Waals surface area contributed by atoms with Crippen LogP contribution in [0.4, 0.5) is 0 Å². The zero-order chi connectivity index (χ0) is 16.1. The number of aliphatic hydroxyl groups is 5. The average molecular weight is 312 g/mol. The van der Waals surface area contributed by atoms with E-state index in [0.29, 0.717) is 5.75 Å². The molecule has 1 fully saturated rings. The minimum absolute atomic E-state index is 0.0525. The first-order chi connectivity index (χ1) is 10.6. The highest BCUT2D eigenvalue weighted by molar-refractivity contribution is 5.50. The topological polar surface area (TPSA) is 120 Å². The Morgan fingerprint density at radius 1 is 1.00 bits per heavy atom. The molecule has 7 nitrogen and oxygen atoms in total. The predicted octanol–water partition coefficient (Wildman–Crippen LogP) is -1.13. The van der Waals surface area contributed by atoms with Gasteiger partial charge in [0, 0.05) is 0 Å². The second-order valence-corrected chi connectivity index (χ2v) is 4.97. The van der Waals surface area contributed by atoms with E-state index in [1.165, 1.54) is 0 Å². The first-order valence-corrected chi connectivity index (χ1v) is 6.91. The minimum Gasteiger partial charge on any atom is -0.462 e. The van der Waals surface area contributed by atoms with E-state index in [0.717, 1.165) is 5.56 Å². The van der Waals surface area contributed by atoms with Crippen molar-refractivity contribution in [2.45, 2.75) is 30.7 Å². The Bertz CT molecular complexity index is 485. The Balaban J connectivity index is 2.04. The third kappa shape index (κ3) is 3.83. The van der Waals surface area contributed by atoms with Crippen molar-refractivity contribution < 1.29 is 35.0 Å². The van der Waals surface area contributed by atoms with Crippen LogP contribution in [0.15, 0.2) is 30.3 Å². The summed E-state index contributed by atoms with van der Waals surface area (Å²) in [5.41, 5.74) is 0.857. The molecule has 0 aliphatic carbocycles. The van der Waals surface area contributed by atoms with Gasteiger partial charge in [-0.25, -0.2) is 0 Å². The molecule has 122 valence electrons. The molecule has 1 aliphatic rings. The van der Waals surface area contributed by atoms with Crippen LogP contribution in [0.2, 0.25) is 0 Å². The summed E-state index contributed by atoms with van der Waals surface area (Å²) in [4.78, 5) is 0. The summed E-state index contributed by atoms with van der Waals surface area (Å²) in [6.45, 7) is -0.557. The molecule has 1 aromatic carbocycles. The lowest BCUT2D eigenvalue weighted by Crippen LogP contribution is -2.60. The van der Waals surface area contributed by atoms with Gasteiger partial charge < -0.3 is 35.0 Å². The maximum Gasteiger partial charge on any atom is 0.229 e. The van der Waals surface area contributed by atoms with Crippen LogP contribution in [0.25, 0.3) is 6.08 Å². The van der Waals surface area contributed by atoms with Gasteiger partial charge in [-0.2, -0.15) is 0 Å². The van der Waals surface area contributed by atoms with E-state index in [2.05, 4.69) is 0 Å². The van der Waals surface area contributed by atoms with E-state index in [-0.39, 0.29) is 6.61 Å². The zero-order valence-electron chi connectivity index (χ0n) is 11.8. The Hall–Kier alpha value is -1.48. The molecule has 1 aliphatic heterocycles. The van der Waals surface area contributed by atoms with Crippen molar-refractivity contribution in [3.63, 3.8) is 0 Å². The molecule has 0 aromatic heterocycles. The summed E-state index contributed by atoms with van der Waals surface area (Å²) in [7, 11) is 0. The highest BCUT2D eigenvalue weighted by atomic mass is 16.7. The quantitative estimate of drug-likeness (QED) is 0.467. The molecule has 22 heavy (non-hydrogen) atoms. The summed E-state index contributed by atoms with van der Waals surface area (Å²) in [5.74, 6) is 0.394. The van der Waals surface area contributed by atoms with E-state index in [1.54, 1.807) is 36.4 Å². The molecular formula is C15H20O7. The van der Waals surface area contributed by atoms with Gasteiger partial charge >= 0.3 is 0 Å². The van der Waals surface area contributed by atoms with E-state index >= 15 is 0 Å². The number of aliphatic hydroxyl groups excluding tert-OH is 5. The fourth-order valence-electron chi connectivity index (χ4n) is 2.15. The monoisotopic (exact) mass is 312 g/mol. The Morgan fingerprint density at radius 2 is 1.68 bits per heavy atom. The Kier molecular flexibility index (Phi) is 5.90. The van der Waals surface area contributed by atoms with E-state index in [1.807, 2.05) is 0 Å². The van der Waals surface area contributed by atoms with Crippen molar-refractivity contribution in [2.75, 3.05) is 13.2 Å². The predicted molar refractivity (Wildman–Crippen MR) is 77.0 cm³/mol. The van der Waals surface area contributed by atoms with Crippen LogP contribution in [0.1, 0.15) is 5.56 Å². The highest BCUT2D eigenvalue weighted by Crippen LogP contribution is 2.24. The van der Waals surface area contributed by atoms with Gasteiger partial charge in [0.15, 0.2) is 0 Å². The van der Waals surface area contributed by atoms with Crippen LogP contribution >= 0.6 is 0 Å². The van der Waals surface area contributed by atoms with Crippen LogP contribution in [0.5, 0.6) is 5.75 Å². The molecule has 5 atom stereocenters. The normalized spacial score (nSPS) is 32.3. The fraction of sp³-hybridized carbons (Fsp3) is 0.467. The number of hydrogen-bond acceptors (Lipinski definition) is 7. The smallest absolute Gasteiger partial charge is 0.229 e. The van der Waals surface area contributed by atoms with Crippen LogP contribution in [-0.4, -0.2) is 69.5 Å². The molecule has 1 aromatic rings. The van der Waals surface area contributed by atoms with Crippen molar-refractivity contribution >= 4 is 6.08 Å². The zero-order valence-corrected chi connectivity index (χ0v) is 11.8. The van der Waals surface area contributed by atoms with E-state index < -0.39 is 37.3 Å². The number of hydrogen-bond donors (Lipinski definition) is 5. The van der Waals surface area contributed by atoms with Crippen molar-refractivity contribution in [2.24, 2.45) is 0 Å². The Labute approximate surface area is 127 Å². The van der Waals surface area contributed by atoms with Gasteiger partial charge in [0.05, 0.1) is 13.2 Å². The number of rotatable bonds is 5. The maximum absolute atomic E-state index is 9.87. The summed E-state index contributed by atoms with van der Waals surface area (Å²) in [6, 6.07) is 6.76. The largest absolute Gasteiger partial charge is 0.462 e. The molecule has 0 amide bonds. The molecular weight excluding hydrogens is 292 g/mol. The van der Waals surface area contributed by atoms with Crippen molar-refractivity contribution in [1.82, 2.24) is 0 Å². The van der Waals surface area contributed by atoms with Gasteiger partial charge in [0.1, 0.15) is 30.2 Å². The standard InChI is InChI=1S/C15H20O7/c16-7-1-2-9-3-5-10(6-4-9)21-15-14(20)13(19)12(18)11(8-17)22-15/h1-6,11-20H,7-8H2/b2-1+/t11-,12-,13+,14+,15-/m1/s1. The lowest BCUT2D eigenvalue weighted by Gasteiger charge is -2.39. The summed E-state index contributed by atoms with van der Waals surface area (Å²) < 4.78 is 10.7. The van der Waals surface area contributed by atoms with Gasteiger partial charge in [-0.3, -0.25) is 0 Å². The minimum atomic E-state index is -1.47. The summed E-state index contributed by atoms with van der Waals surface area (Å²) >= 11 is 0. The van der Waals surface area contributed by atoms with Gasteiger partial charge in [-0.05, 0) is 17.7 Å². The van der Waals surface area contributed by atoms with E-state index in [9.17, 15) is 15.3 Å². The first kappa shape index (κ1) is 16.9. The SMILES string of the molecule is OC/C=C/c1ccc(O[C@@H]2O[C@H](CO)[C@@H](O)[C@H](O)[C@@H]2O)cc1. The second-order valence-electron chi connectivity index (χ2n) is 4.97. The lowest BCUT2D eigenvalue weighted by atomic mass is 9.99. The molecule has 1 heterocycles. The van der Waals surface area contributed by atoms with Gasteiger partial charge in [-0.15, -0.1) is 0 Å². The molecule has 7 heteroatoms. The fourth-order valence-corrected chi connectivity index (χ4v) is 2.15. The summed E-state index contributed by atoms with van der Waals surface area (Å²) in [6.07, 6.45) is -3.20. The van der Waals surface area contributed by atoms with Gasteiger partial charge in [-0.1, -0.05) is 24.3 Å². The third-order valence-electron chi connectivity index (χ3n) is 3.40. The van der Waals surface area contributed by atoms with Gasteiger partial charge in [0.2, 0.25) is 6.29 Å². The number of ether oxygens (including phenoxy) is 2. The van der Waals surface area contributed by atoms with Crippen LogP contribution in [0, 0.1) is 0 Å². The molecule has 2 rings (SSSR count). The molecule has 0 bridgehead atoms. The maximum atomic E-state index is 9.87. The van der Waals surface area contributed by atoms with Crippen molar-refractivity contribution in [3.05, 3.63) is 35.9 Å². The molecule has 0 radical (unpaired) electrons. The Morgan fingerprint density at radius 3 is 2.27 bits per heavy atom. The highest BCUT2D eigenvalue weighted by Gasteiger charge is 2.44. The van der Waals surface area contributed by atoms with Crippen LogP contribution in [-0.2, 0) is 4.74 Å². The van der Waals surface area contributed by atoms with Crippen LogP contribution < -0.4 is 4.74 Å². The van der Waals surface area contributed by atoms with Crippen molar-refractivity contribution in [3.8, 4) is 5.75 Å². The van der Waals surface area contributed by atoms with Gasteiger partial charge in [0.25, 0.3) is 0 Å². The lowest BCUT2D eigenvalue weighted by molar-refractivity contribution is -0.277. The average Bonchev–Trinajstić information content (AvgIpc) is 2.54. The molecule has 0 unspecified atom stereocenters. The van der Waals surface area contributed by atoms with Crippen LogP contribution in [0.3, 0.4) is 0 Å². The second kappa shape index (κ2) is 7.68. The molecule has 0 saturated carbocycles. The van der Waals surface area contributed by atoms with E-state index in [4.69, 9.17) is 19.7 Å². The molecule has 5 N–H and O–H groups in total. The number of benzene rings is 1. The molecule has 0 spiro atoms. The molecule has 1 saturated heterocycles. The van der Waals surface area contributed by atoms with Crippen molar-refractivity contribution in [1.29, 1.82) is 0 Å².